The van der Waals surface area contributed by atoms with E-state index in [1.54, 1.807) is 6.92 Å². The number of aliphatic hydroxyl groups is 2. The number of aliphatic hydroxyl groups excluding tert-OH is 2. The number of benzene rings is 2. The summed E-state index contributed by atoms with van der Waals surface area (Å²) in [5, 5.41) is 31.1. The van der Waals surface area contributed by atoms with E-state index in [9.17, 15) is 24.6 Å². The van der Waals surface area contributed by atoms with Crippen LogP contribution in [0.5, 0.6) is 0 Å². The maximum atomic E-state index is 13.1. The Morgan fingerprint density at radius 2 is 1.74 bits per heavy atom. The predicted octanol–water partition coefficient (Wildman–Crippen LogP) is 7.66. The van der Waals surface area contributed by atoms with Gasteiger partial charge >= 0.3 is 5.97 Å². The summed E-state index contributed by atoms with van der Waals surface area (Å²) in [5.74, 6) is 1.29. The zero-order chi connectivity index (χ0) is 40.6. The number of nitrogens with one attached hydrogen (secondary N) is 2. The fraction of sp³-hybridized carbons (Fsp3) is 0.617. The molecule has 0 saturated heterocycles. The van der Waals surface area contributed by atoms with Gasteiger partial charge in [-0.25, -0.2) is 0 Å². The number of Topliss-reactive ketones (excluding diaryl/α,β-unsaturated/α-hetero) is 1. The standard InChI is InChI=1S/C47H63N3O7/c1-27(11-18-41(54)56-6)35-16-17-36-43-37(25-40(53)47(35,36)5)46(4)20-19-33(23-32(46)24-39(43)52)57-22-21-48-45(55)31-14-12-30(13-15-31)26-49-44-34-9-7-8-10-38(34)50-28(2)42(44)29(3)51/h7-10,12-15,27,32-33,35-37,39-40,43,52-53H,11,16-26H2,1-6H3,(H,48,55)(H,49,50)/t27-,32?,33?,35-,36?,37?,39-,40+,43?,46+,47-/m1/s1. The second-order valence-corrected chi connectivity index (χ2v) is 18.3. The Bertz CT molecular complexity index is 1950. The minimum Gasteiger partial charge on any atom is -0.469 e. The molecule has 0 spiro atoms. The second kappa shape index (κ2) is 16.8. The Morgan fingerprint density at radius 3 is 2.47 bits per heavy atom. The summed E-state index contributed by atoms with van der Waals surface area (Å²) in [4.78, 5) is 42.1. The van der Waals surface area contributed by atoms with Gasteiger partial charge in [0.05, 0.1) is 54.5 Å². The third-order valence-corrected chi connectivity index (χ3v) is 15.4. The Hall–Kier alpha value is -3.86. The number of hydrogen-bond donors (Lipinski definition) is 4. The molecule has 4 fully saturated rings. The van der Waals surface area contributed by atoms with Crippen LogP contribution in [0, 0.1) is 53.3 Å². The molecule has 1 amide bonds. The van der Waals surface area contributed by atoms with Gasteiger partial charge < -0.3 is 30.3 Å². The van der Waals surface area contributed by atoms with Gasteiger partial charge in [-0.15, -0.1) is 0 Å². The lowest BCUT2D eigenvalue weighted by Crippen LogP contribution is -2.62. The quantitative estimate of drug-likeness (QED) is 0.0780. The van der Waals surface area contributed by atoms with Crippen LogP contribution in [0.3, 0.4) is 0 Å². The van der Waals surface area contributed by atoms with Gasteiger partial charge in [0.15, 0.2) is 5.78 Å². The van der Waals surface area contributed by atoms with Crippen LogP contribution in [0.1, 0.15) is 117 Å². The molecule has 3 aromatic rings. The van der Waals surface area contributed by atoms with Gasteiger partial charge in [0.1, 0.15) is 0 Å². The van der Waals surface area contributed by atoms with E-state index in [2.05, 4.69) is 36.4 Å². The minimum absolute atomic E-state index is 0.0377. The molecule has 11 atom stereocenters. The number of para-hydroxylation sites is 1. The van der Waals surface area contributed by atoms with Gasteiger partial charge in [0.2, 0.25) is 0 Å². The molecular formula is C47H63N3O7. The number of hydrogen-bond acceptors (Lipinski definition) is 9. The number of carbonyl (C=O) groups excluding carboxylic acids is 3. The number of fused-ring (bicyclic) bond motifs is 6. The topological polar surface area (TPSA) is 147 Å². The van der Waals surface area contributed by atoms with Gasteiger partial charge in [-0.05, 0) is 135 Å². The number of nitrogens with zero attached hydrogens (tertiary/aromatic N) is 1. The molecule has 0 aliphatic heterocycles. The van der Waals surface area contributed by atoms with Crippen LogP contribution in [0.4, 0.5) is 5.69 Å². The van der Waals surface area contributed by atoms with E-state index in [0.717, 1.165) is 73.5 Å². The summed E-state index contributed by atoms with van der Waals surface area (Å²) in [5.41, 5.74) is 4.23. The molecule has 7 rings (SSSR count). The molecule has 4 aliphatic rings. The number of ketones is 1. The van der Waals surface area contributed by atoms with Gasteiger partial charge in [0.25, 0.3) is 5.91 Å². The maximum absolute atomic E-state index is 13.1. The lowest BCUT2D eigenvalue weighted by atomic mass is 9.43. The minimum atomic E-state index is -0.428. The van der Waals surface area contributed by atoms with Gasteiger partial charge in [-0.3, -0.25) is 19.4 Å². The molecule has 0 bridgehead atoms. The lowest BCUT2D eigenvalue weighted by Gasteiger charge is -2.63. The molecular weight excluding hydrogens is 719 g/mol. The van der Waals surface area contributed by atoms with Crippen molar-refractivity contribution in [2.75, 3.05) is 25.6 Å². The van der Waals surface area contributed by atoms with Crippen molar-refractivity contribution in [1.82, 2.24) is 10.3 Å². The van der Waals surface area contributed by atoms with E-state index in [1.807, 2.05) is 55.5 Å². The highest BCUT2D eigenvalue weighted by Crippen LogP contribution is 2.68. The largest absolute Gasteiger partial charge is 0.469 e. The van der Waals surface area contributed by atoms with E-state index in [4.69, 9.17) is 9.47 Å². The van der Waals surface area contributed by atoms with Crippen molar-refractivity contribution in [3.05, 3.63) is 70.9 Å². The van der Waals surface area contributed by atoms with Crippen molar-refractivity contribution in [3.63, 3.8) is 0 Å². The molecule has 10 heteroatoms. The van der Waals surface area contributed by atoms with E-state index < -0.39 is 12.2 Å². The molecule has 1 aromatic heterocycles. The average Bonchev–Trinajstić information content (AvgIpc) is 3.56. The Labute approximate surface area is 337 Å². The number of rotatable bonds is 13. The molecule has 4 saturated carbocycles. The van der Waals surface area contributed by atoms with Crippen LogP contribution in [0.2, 0.25) is 0 Å². The third-order valence-electron chi connectivity index (χ3n) is 15.4. The zero-order valence-corrected chi connectivity index (χ0v) is 34.7. The summed E-state index contributed by atoms with van der Waals surface area (Å²) in [7, 11) is 1.44. The first-order chi connectivity index (χ1) is 27.3. The molecule has 4 N–H and O–H groups in total. The maximum Gasteiger partial charge on any atom is 0.305 e. The highest BCUT2D eigenvalue weighted by atomic mass is 16.5. The van der Waals surface area contributed by atoms with Gasteiger partial charge in [0, 0.05) is 30.5 Å². The van der Waals surface area contributed by atoms with Crippen molar-refractivity contribution >= 4 is 34.3 Å². The monoisotopic (exact) mass is 781 g/mol. The zero-order valence-electron chi connectivity index (χ0n) is 34.7. The number of esters is 1. The fourth-order valence-electron chi connectivity index (χ4n) is 12.3. The number of anilines is 1. The van der Waals surface area contributed by atoms with Crippen molar-refractivity contribution in [2.24, 2.45) is 46.3 Å². The molecule has 1 heterocycles. The van der Waals surface area contributed by atoms with Gasteiger partial charge in [-0.2, -0.15) is 0 Å². The Balaban J connectivity index is 0.893. The number of pyridine rings is 1. The lowest BCUT2D eigenvalue weighted by molar-refractivity contribution is -0.209. The normalized spacial score (nSPS) is 32.4. The highest BCUT2D eigenvalue weighted by Gasteiger charge is 2.65. The van der Waals surface area contributed by atoms with Crippen LogP contribution in [-0.4, -0.2) is 71.4 Å². The van der Waals surface area contributed by atoms with Crippen molar-refractivity contribution in [1.29, 1.82) is 0 Å². The fourth-order valence-corrected chi connectivity index (χ4v) is 12.3. The second-order valence-electron chi connectivity index (χ2n) is 18.3. The SMILES string of the molecule is COC(=O)CC[C@@H](C)[C@H]1CCC2C3C(C[C@H](O)[C@@]21C)[C@@]1(C)CCC(OCCNC(=O)c2ccc(CNc4c(C(C)=O)c(C)nc5ccccc45)cc2)CC1C[C@H]3O. The first kappa shape index (κ1) is 41.3. The third kappa shape index (κ3) is 7.86. The van der Waals surface area contributed by atoms with Crippen LogP contribution in [0.25, 0.3) is 10.9 Å². The molecule has 0 radical (unpaired) electrons. The number of methoxy groups -OCH3 is 1. The molecule has 308 valence electrons. The summed E-state index contributed by atoms with van der Waals surface area (Å²) in [6, 6.07) is 15.3. The van der Waals surface area contributed by atoms with Crippen LogP contribution in [-0.2, 0) is 20.8 Å². The first-order valence-electron chi connectivity index (χ1n) is 21.3. The number of amides is 1. The summed E-state index contributed by atoms with van der Waals surface area (Å²) < 4.78 is 11.3. The summed E-state index contributed by atoms with van der Waals surface area (Å²) >= 11 is 0. The van der Waals surface area contributed by atoms with Gasteiger partial charge in [-0.1, -0.05) is 51.1 Å². The molecule has 4 aliphatic carbocycles. The Kier molecular flexibility index (Phi) is 12.2. The Morgan fingerprint density at radius 1 is 0.982 bits per heavy atom. The average molecular weight is 782 g/mol. The molecule has 2 aromatic carbocycles. The number of carbonyl (C=O) groups is 3. The predicted molar refractivity (Wildman–Crippen MR) is 221 cm³/mol. The highest BCUT2D eigenvalue weighted by molar-refractivity contribution is 6.08. The van der Waals surface area contributed by atoms with Crippen molar-refractivity contribution < 1.29 is 34.1 Å². The van der Waals surface area contributed by atoms with E-state index in [1.165, 1.54) is 7.11 Å². The number of aryl methyl sites for hydroxylation is 1. The first-order valence-corrected chi connectivity index (χ1v) is 21.3. The molecule has 5 unspecified atom stereocenters. The van der Waals surface area contributed by atoms with Crippen molar-refractivity contribution in [2.45, 2.75) is 117 Å². The summed E-state index contributed by atoms with van der Waals surface area (Å²) in [6.07, 6.45) is 6.77. The smallest absolute Gasteiger partial charge is 0.305 e. The molecule has 10 nitrogen and oxygen atoms in total. The summed E-state index contributed by atoms with van der Waals surface area (Å²) in [6.45, 7) is 11.6. The van der Waals surface area contributed by atoms with E-state index in [-0.39, 0.29) is 52.3 Å². The van der Waals surface area contributed by atoms with Crippen LogP contribution >= 0.6 is 0 Å². The van der Waals surface area contributed by atoms with E-state index in [0.29, 0.717) is 60.7 Å². The molecule has 57 heavy (non-hydrogen) atoms. The van der Waals surface area contributed by atoms with Crippen LogP contribution in [0.15, 0.2) is 48.5 Å². The van der Waals surface area contributed by atoms with E-state index >= 15 is 0 Å². The van der Waals surface area contributed by atoms with Crippen molar-refractivity contribution in [3.8, 4) is 0 Å². The number of aromatic nitrogens is 1. The number of ether oxygens (including phenoxy) is 2. The van der Waals surface area contributed by atoms with Crippen LogP contribution < -0.4 is 10.6 Å².